The van der Waals surface area contributed by atoms with Crippen molar-refractivity contribution < 1.29 is 9.90 Å². The summed E-state index contributed by atoms with van der Waals surface area (Å²) in [5.41, 5.74) is 2.56. The molecule has 0 saturated carbocycles. The van der Waals surface area contributed by atoms with Crippen LogP contribution in [0.15, 0.2) is 42.0 Å². The Morgan fingerprint density at radius 3 is 2.45 bits per heavy atom. The van der Waals surface area contributed by atoms with Crippen LogP contribution in [-0.4, -0.2) is 28.1 Å². The van der Waals surface area contributed by atoms with Crippen molar-refractivity contribution in [1.82, 2.24) is 4.90 Å². The van der Waals surface area contributed by atoms with E-state index in [1.165, 1.54) is 11.1 Å². The van der Waals surface area contributed by atoms with Crippen molar-refractivity contribution in [2.75, 3.05) is 0 Å². The molecule has 1 fully saturated rings. The Bertz CT molecular complexity index is 600. The van der Waals surface area contributed by atoms with E-state index in [4.69, 9.17) is 0 Å². The van der Waals surface area contributed by atoms with Crippen LogP contribution in [0.3, 0.4) is 0 Å². The zero-order valence-electron chi connectivity index (χ0n) is 13.8. The number of benzene rings is 1. The van der Waals surface area contributed by atoms with Gasteiger partial charge in [-0.2, -0.15) is 0 Å². The molecule has 3 heteroatoms. The van der Waals surface area contributed by atoms with Gasteiger partial charge >= 0.3 is 5.97 Å². The molecule has 1 heterocycles. The van der Waals surface area contributed by atoms with Gasteiger partial charge in [-0.25, -0.2) is 0 Å². The fourth-order valence-corrected chi connectivity index (χ4v) is 4.24. The van der Waals surface area contributed by atoms with Crippen LogP contribution in [-0.2, 0) is 4.79 Å². The van der Waals surface area contributed by atoms with Gasteiger partial charge in [0.25, 0.3) is 0 Å². The molecule has 3 rings (SSSR count). The highest BCUT2D eigenvalue weighted by atomic mass is 16.4. The summed E-state index contributed by atoms with van der Waals surface area (Å²) in [6.07, 6.45) is 3.27. The molecule has 0 amide bonds. The highest BCUT2D eigenvalue weighted by molar-refractivity contribution is 5.76. The Labute approximate surface area is 132 Å². The van der Waals surface area contributed by atoms with Gasteiger partial charge in [0, 0.05) is 18.0 Å². The van der Waals surface area contributed by atoms with Gasteiger partial charge in [0.05, 0.1) is 0 Å². The molecule has 1 aliphatic heterocycles. The topological polar surface area (TPSA) is 40.5 Å². The highest BCUT2D eigenvalue weighted by Crippen LogP contribution is 2.51. The van der Waals surface area contributed by atoms with E-state index in [-0.39, 0.29) is 23.4 Å². The third-order valence-electron chi connectivity index (χ3n) is 5.20. The average molecular weight is 299 g/mol. The molecule has 1 saturated heterocycles. The number of carbonyl (C=O) groups is 1. The number of aliphatic carboxylic acids is 1. The number of carboxylic acids is 1. The van der Waals surface area contributed by atoms with Crippen molar-refractivity contribution in [3.63, 3.8) is 0 Å². The number of rotatable bonds is 3. The van der Waals surface area contributed by atoms with Crippen molar-refractivity contribution in [1.29, 1.82) is 0 Å². The second kappa shape index (κ2) is 5.24. The largest absolute Gasteiger partial charge is 0.480 e. The molecular formula is C19H25NO2. The van der Waals surface area contributed by atoms with Crippen molar-refractivity contribution in [3.8, 4) is 0 Å². The van der Waals surface area contributed by atoms with Crippen LogP contribution in [0.5, 0.6) is 0 Å². The third kappa shape index (κ3) is 2.38. The van der Waals surface area contributed by atoms with Gasteiger partial charge in [0.2, 0.25) is 0 Å². The zero-order chi connectivity index (χ0) is 16.1. The zero-order valence-corrected chi connectivity index (χ0v) is 13.8. The summed E-state index contributed by atoms with van der Waals surface area (Å²) in [5, 5.41) is 9.82. The van der Waals surface area contributed by atoms with E-state index in [1.54, 1.807) is 0 Å². The number of fused-ring (bicyclic) bond motifs is 2. The minimum atomic E-state index is -0.690. The van der Waals surface area contributed by atoms with Crippen LogP contribution in [0.2, 0.25) is 0 Å². The van der Waals surface area contributed by atoms with Gasteiger partial charge in [-0.05, 0) is 24.3 Å². The van der Waals surface area contributed by atoms with E-state index in [1.807, 2.05) is 18.2 Å². The molecule has 1 aromatic carbocycles. The molecule has 2 aliphatic rings. The van der Waals surface area contributed by atoms with Crippen molar-refractivity contribution in [3.05, 3.63) is 47.5 Å². The third-order valence-corrected chi connectivity index (χ3v) is 5.20. The van der Waals surface area contributed by atoms with Gasteiger partial charge in [-0.3, -0.25) is 9.69 Å². The van der Waals surface area contributed by atoms with E-state index >= 15 is 0 Å². The normalized spacial score (nSPS) is 29.5. The van der Waals surface area contributed by atoms with Crippen LogP contribution >= 0.6 is 0 Å². The molecule has 4 atom stereocenters. The predicted octanol–water partition coefficient (Wildman–Crippen LogP) is 3.88. The van der Waals surface area contributed by atoms with Crippen LogP contribution in [0, 0.1) is 11.3 Å². The molecule has 2 bridgehead atoms. The van der Waals surface area contributed by atoms with E-state index in [0.29, 0.717) is 0 Å². The van der Waals surface area contributed by atoms with Crippen molar-refractivity contribution in [2.24, 2.45) is 11.3 Å². The Morgan fingerprint density at radius 2 is 1.91 bits per heavy atom. The maximum atomic E-state index is 11.9. The Kier molecular flexibility index (Phi) is 3.64. The fourth-order valence-electron chi connectivity index (χ4n) is 4.24. The summed E-state index contributed by atoms with van der Waals surface area (Å²) in [6, 6.07) is 10.2. The van der Waals surface area contributed by atoms with Crippen molar-refractivity contribution in [2.45, 2.75) is 52.2 Å². The Hall–Kier alpha value is -1.61. The van der Waals surface area contributed by atoms with Gasteiger partial charge < -0.3 is 5.11 Å². The summed E-state index contributed by atoms with van der Waals surface area (Å²) in [4.78, 5) is 14.1. The lowest BCUT2D eigenvalue weighted by atomic mass is 9.77. The minimum Gasteiger partial charge on any atom is -0.480 e. The van der Waals surface area contributed by atoms with E-state index in [0.717, 1.165) is 6.42 Å². The highest BCUT2D eigenvalue weighted by Gasteiger charge is 2.53. The van der Waals surface area contributed by atoms with Gasteiger partial charge in [0.1, 0.15) is 6.04 Å². The number of likely N-dealkylation sites (tertiary alicyclic amines) is 1. The molecule has 0 aromatic heterocycles. The quantitative estimate of drug-likeness (QED) is 0.861. The van der Waals surface area contributed by atoms with Gasteiger partial charge in [-0.1, -0.05) is 62.8 Å². The number of hydrogen-bond donors (Lipinski definition) is 1. The first-order valence-corrected chi connectivity index (χ1v) is 8.08. The maximum absolute atomic E-state index is 11.9. The lowest BCUT2D eigenvalue weighted by molar-refractivity contribution is -0.144. The average Bonchev–Trinajstić information content (AvgIpc) is 3.04. The first-order chi connectivity index (χ1) is 10.3. The summed E-state index contributed by atoms with van der Waals surface area (Å²) < 4.78 is 0. The van der Waals surface area contributed by atoms with E-state index in [9.17, 15) is 9.90 Å². The smallest absolute Gasteiger partial charge is 0.321 e. The lowest BCUT2D eigenvalue weighted by Gasteiger charge is -2.39. The van der Waals surface area contributed by atoms with Crippen molar-refractivity contribution >= 4 is 5.97 Å². The van der Waals surface area contributed by atoms with E-state index in [2.05, 4.69) is 50.8 Å². The Morgan fingerprint density at radius 1 is 1.27 bits per heavy atom. The molecule has 3 nitrogen and oxygen atoms in total. The first-order valence-electron chi connectivity index (χ1n) is 8.08. The molecule has 118 valence electrons. The van der Waals surface area contributed by atoms with E-state index < -0.39 is 12.0 Å². The second-order valence-electron chi connectivity index (χ2n) is 7.60. The lowest BCUT2D eigenvalue weighted by Crippen LogP contribution is -2.47. The van der Waals surface area contributed by atoms with Crippen LogP contribution in [0.4, 0.5) is 0 Å². The minimum absolute atomic E-state index is 0.0508. The monoisotopic (exact) mass is 299 g/mol. The van der Waals surface area contributed by atoms with Gasteiger partial charge in [0.15, 0.2) is 0 Å². The molecule has 1 aliphatic carbocycles. The summed E-state index contributed by atoms with van der Waals surface area (Å²) >= 11 is 0. The second-order valence-corrected chi connectivity index (χ2v) is 7.60. The maximum Gasteiger partial charge on any atom is 0.321 e. The molecular weight excluding hydrogens is 274 g/mol. The first kappa shape index (κ1) is 15.3. The molecule has 1 aromatic rings. The molecule has 0 spiro atoms. The molecule has 1 N–H and O–H groups in total. The fraction of sp³-hybridized carbons (Fsp3) is 0.526. The molecule has 0 radical (unpaired) electrons. The number of carboxylic acid groups (broad SMARTS) is 1. The van der Waals surface area contributed by atoms with Gasteiger partial charge in [-0.15, -0.1) is 0 Å². The summed E-state index contributed by atoms with van der Waals surface area (Å²) in [6.45, 7) is 8.67. The van der Waals surface area contributed by atoms with Crippen LogP contribution < -0.4 is 0 Å². The summed E-state index contributed by atoms with van der Waals surface area (Å²) in [5.74, 6) is -0.543. The number of nitrogens with zero attached hydrogens (tertiary/aromatic N) is 1. The molecule has 22 heavy (non-hydrogen) atoms. The summed E-state index contributed by atoms with van der Waals surface area (Å²) in [7, 11) is 0. The predicted molar refractivity (Wildman–Crippen MR) is 87.6 cm³/mol. The van der Waals surface area contributed by atoms with Crippen LogP contribution in [0.25, 0.3) is 0 Å². The van der Waals surface area contributed by atoms with Crippen LogP contribution in [0.1, 0.15) is 45.7 Å². The molecule has 0 unspecified atom stereocenters. The standard InChI is InChI=1S/C19H25NO2/c1-12(13-8-6-5-7-9-13)20-14-10-15(17(20)18(21)22)16(11-14)19(2,3)4/h5-9,11-12,14-15,17H,10H2,1-4H3,(H,21,22)/t12-,14+,15+,17+/m0/s1. The Balaban J connectivity index is 1.96. The SMILES string of the molecule is C[C@@H](c1ccccc1)N1[C@H]2C=C(C(C)(C)C)[C@@H](C2)[C@@H]1C(=O)O. The number of hydrogen-bond acceptors (Lipinski definition) is 2.